The summed E-state index contributed by atoms with van der Waals surface area (Å²) >= 11 is 0. The van der Waals surface area contributed by atoms with Gasteiger partial charge in [0.1, 0.15) is 0 Å². The van der Waals surface area contributed by atoms with Gasteiger partial charge in [-0.25, -0.2) is 0 Å². The normalized spacial score (nSPS) is 11.2. The minimum absolute atomic E-state index is 0.648. The van der Waals surface area contributed by atoms with Crippen molar-refractivity contribution in [2.45, 2.75) is 6.92 Å². The molecule has 0 saturated carbocycles. The van der Waals surface area contributed by atoms with E-state index in [1.807, 2.05) is 55.5 Å². The molecule has 0 saturated heterocycles. The van der Waals surface area contributed by atoms with Gasteiger partial charge in [0.05, 0.1) is 22.6 Å². The van der Waals surface area contributed by atoms with Gasteiger partial charge in [-0.15, -0.1) is 5.11 Å². The number of nitrogen functional groups attached to an aromatic ring is 1. The zero-order valence-corrected chi connectivity index (χ0v) is 11.1. The Kier molecular flexibility index (Phi) is 3.13. The number of hydrogen-bond donors (Lipinski definition) is 1. The van der Waals surface area contributed by atoms with Gasteiger partial charge in [0, 0.05) is 11.6 Å². The molecule has 2 N–H and O–H groups in total. The van der Waals surface area contributed by atoms with Crippen molar-refractivity contribution in [2.24, 2.45) is 10.2 Å². The second-order valence-electron chi connectivity index (χ2n) is 4.61. The second-order valence-corrected chi connectivity index (χ2v) is 4.61. The molecule has 1 aromatic heterocycles. The van der Waals surface area contributed by atoms with Crippen LogP contribution in [0.3, 0.4) is 0 Å². The standard InChI is InChI=1S/C16H14N4/c1-11-5-7-12(8-6-11)19-20-15-9-10-18-16-13(15)3-2-4-14(16)17/h2-10H,17H2,1H3. The van der Waals surface area contributed by atoms with Crippen molar-refractivity contribution in [1.29, 1.82) is 0 Å². The predicted octanol–water partition coefficient (Wildman–Crippen LogP) is 4.54. The average Bonchev–Trinajstić information content (AvgIpc) is 2.47. The minimum Gasteiger partial charge on any atom is -0.397 e. The van der Waals surface area contributed by atoms with Crippen molar-refractivity contribution in [1.82, 2.24) is 4.98 Å². The molecule has 98 valence electrons. The van der Waals surface area contributed by atoms with Gasteiger partial charge in [0.2, 0.25) is 0 Å². The lowest BCUT2D eigenvalue weighted by molar-refractivity contribution is 1.23. The number of fused-ring (bicyclic) bond motifs is 1. The summed E-state index contributed by atoms with van der Waals surface area (Å²) in [5, 5.41) is 9.46. The summed E-state index contributed by atoms with van der Waals surface area (Å²) in [6.45, 7) is 2.04. The summed E-state index contributed by atoms with van der Waals surface area (Å²) in [5.74, 6) is 0. The van der Waals surface area contributed by atoms with E-state index in [0.717, 1.165) is 22.3 Å². The molecule has 4 nitrogen and oxygen atoms in total. The number of azo groups is 1. The van der Waals surface area contributed by atoms with Gasteiger partial charge in [0.25, 0.3) is 0 Å². The Morgan fingerprint density at radius 1 is 0.950 bits per heavy atom. The first-order valence-electron chi connectivity index (χ1n) is 6.36. The zero-order valence-electron chi connectivity index (χ0n) is 11.1. The van der Waals surface area contributed by atoms with Gasteiger partial charge in [-0.05, 0) is 31.2 Å². The summed E-state index contributed by atoms with van der Waals surface area (Å²) in [7, 11) is 0. The molecular weight excluding hydrogens is 248 g/mol. The quantitative estimate of drug-likeness (QED) is 0.544. The van der Waals surface area contributed by atoms with E-state index in [2.05, 4.69) is 15.2 Å². The molecule has 4 heteroatoms. The molecular formula is C16H14N4. The molecule has 0 unspecified atom stereocenters. The topological polar surface area (TPSA) is 63.6 Å². The van der Waals surface area contributed by atoms with E-state index in [-0.39, 0.29) is 0 Å². The lowest BCUT2D eigenvalue weighted by Crippen LogP contribution is -1.88. The van der Waals surface area contributed by atoms with Crippen LogP contribution >= 0.6 is 0 Å². The molecule has 0 amide bonds. The lowest BCUT2D eigenvalue weighted by Gasteiger charge is -2.02. The smallest absolute Gasteiger partial charge is 0.0967 e. The fraction of sp³-hybridized carbons (Fsp3) is 0.0625. The predicted molar refractivity (Wildman–Crippen MR) is 81.5 cm³/mol. The fourth-order valence-corrected chi connectivity index (χ4v) is 1.99. The first kappa shape index (κ1) is 12.3. The molecule has 0 spiro atoms. The molecule has 0 bridgehead atoms. The van der Waals surface area contributed by atoms with Crippen LogP contribution in [-0.2, 0) is 0 Å². The number of rotatable bonds is 2. The van der Waals surface area contributed by atoms with Crippen molar-refractivity contribution < 1.29 is 0 Å². The van der Waals surface area contributed by atoms with Crippen LogP contribution in [0.15, 0.2) is 65.0 Å². The number of nitrogens with zero attached hydrogens (tertiary/aromatic N) is 3. The van der Waals surface area contributed by atoms with Crippen molar-refractivity contribution in [3.63, 3.8) is 0 Å². The van der Waals surface area contributed by atoms with E-state index in [4.69, 9.17) is 5.73 Å². The number of aryl methyl sites for hydroxylation is 1. The van der Waals surface area contributed by atoms with Crippen molar-refractivity contribution in [3.05, 3.63) is 60.3 Å². The molecule has 0 aliphatic carbocycles. The highest BCUT2D eigenvalue weighted by atomic mass is 15.1. The zero-order chi connectivity index (χ0) is 13.9. The molecule has 3 rings (SSSR count). The Morgan fingerprint density at radius 3 is 2.55 bits per heavy atom. The van der Waals surface area contributed by atoms with Gasteiger partial charge in [0.15, 0.2) is 0 Å². The highest BCUT2D eigenvalue weighted by molar-refractivity contribution is 5.96. The molecule has 1 heterocycles. The summed E-state index contributed by atoms with van der Waals surface area (Å²) < 4.78 is 0. The van der Waals surface area contributed by atoms with E-state index in [1.54, 1.807) is 6.20 Å². The largest absolute Gasteiger partial charge is 0.397 e. The Hall–Kier alpha value is -2.75. The summed E-state index contributed by atoms with van der Waals surface area (Å²) in [5.41, 5.74) is 10.1. The molecule has 20 heavy (non-hydrogen) atoms. The second kappa shape index (κ2) is 5.09. The fourth-order valence-electron chi connectivity index (χ4n) is 1.99. The van der Waals surface area contributed by atoms with Gasteiger partial charge in [-0.1, -0.05) is 29.8 Å². The molecule has 3 aromatic rings. The third-order valence-electron chi connectivity index (χ3n) is 3.09. The Balaban J connectivity index is 2.02. The van der Waals surface area contributed by atoms with Crippen LogP contribution in [0.1, 0.15) is 5.56 Å². The maximum atomic E-state index is 5.91. The summed E-state index contributed by atoms with van der Waals surface area (Å²) in [4.78, 5) is 4.28. The molecule has 0 aliphatic rings. The Labute approximate surface area is 117 Å². The number of anilines is 1. The number of aromatic nitrogens is 1. The molecule has 0 aliphatic heterocycles. The SMILES string of the molecule is Cc1ccc(N=Nc2ccnc3c(N)cccc23)cc1. The molecule has 0 radical (unpaired) electrons. The van der Waals surface area contributed by atoms with Crippen LogP contribution in [0.25, 0.3) is 10.9 Å². The van der Waals surface area contributed by atoms with Crippen molar-refractivity contribution in [3.8, 4) is 0 Å². The number of benzene rings is 2. The van der Waals surface area contributed by atoms with E-state index < -0.39 is 0 Å². The first-order valence-corrected chi connectivity index (χ1v) is 6.36. The average molecular weight is 262 g/mol. The Morgan fingerprint density at radius 2 is 1.75 bits per heavy atom. The van der Waals surface area contributed by atoms with E-state index >= 15 is 0 Å². The van der Waals surface area contributed by atoms with Gasteiger partial charge < -0.3 is 5.73 Å². The highest BCUT2D eigenvalue weighted by Gasteiger charge is 2.03. The van der Waals surface area contributed by atoms with Crippen LogP contribution in [0.2, 0.25) is 0 Å². The minimum atomic E-state index is 0.648. The van der Waals surface area contributed by atoms with E-state index in [0.29, 0.717) is 5.69 Å². The lowest BCUT2D eigenvalue weighted by atomic mass is 10.1. The summed E-state index contributed by atoms with van der Waals surface area (Å²) in [6, 6.07) is 15.4. The van der Waals surface area contributed by atoms with Crippen LogP contribution in [0, 0.1) is 6.92 Å². The third-order valence-corrected chi connectivity index (χ3v) is 3.09. The van der Waals surface area contributed by atoms with Crippen LogP contribution in [0.4, 0.5) is 17.1 Å². The van der Waals surface area contributed by atoms with Gasteiger partial charge in [-0.3, -0.25) is 4.98 Å². The first-order chi connectivity index (χ1) is 9.74. The van der Waals surface area contributed by atoms with Crippen LogP contribution in [-0.4, -0.2) is 4.98 Å². The van der Waals surface area contributed by atoms with Crippen molar-refractivity contribution >= 4 is 28.0 Å². The van der Waals surface area contributed by atoms with Crippen molar-refractivity contribution in [2.75, 3.05) is 5.73 Å². The number of hydrogen-bond acceptors (Lipinski definition) is 4. The maximum Gasteiger partial charge on any atom is 0.0967 e. The Bertz CT molecular complexity index is 776. The van der Waals surface area contributed by atoms with Crippen LogP contribution in [0.5, 0.6) is 0 Å². The highest BCUT2D eigenvalue weighted by Crippen LogP contribution is 2.28. The monoisotopic (exact) mass is 262 g/mol. The number of para-hydroxylation sites is 1. The van der Waals surface area contributed by atoms with E-state index in [1.165, 1.54) is 5.56 Å². The number of nitrogens with two attached hydrogens (primary N) is 1. The van der Waals surface area contributed by atoms with Gasteiger partial charge >= 0.3 is 0 Å². The van der Waals surface area contributed by atoms with Gasteiger partial charge in [-0.2, -0.15) is 5.11 Å². The number of pyridine rings is 1. The maximum absolute atomic E-state index is 5.91. The van der Waals surface area contributed by atoms with Crippen LogP contribution < -0.4 is 5.73 Å². The molecule has 0 fully saturated rings. The molecule has 0 atom stereocenters. The summed E-state index contributed by atoms with van der Waals surface area (Å²) in [6.07, 6.45) is 1.70. The van der Waals surface area contributed by atoms with E-state index in [9.17, 15) is 0 Å². The third kappa shape index (κ3) is 2.36. The molecule has 2 aromatic carbocycles.